The molecule has 0 atom stereocenters. The molecule has 0 saturated heterocycles. The van der Waals surface area contributed by atoms with Gasteiger partial charge in [-0.1, -0.05) is 12.1 Å². The van der Waals surface area contributed by atoms with Crippen LogP contribution in [-0.2, 0) is 6.54 Å². The van der Waals surface area contributed by atoms with Gasteiger partial charge in [-0.15, -0.1) is 0 Å². The molecule has 0 unspecified atom stereocenters. The van der Waals surface area contributed by atoms with E-state index in [0.29, 0.717) is 5.56 Å². The van der Waals surface area contributed by atoms with Gasteiger partial charge in [0.1, 0.15) is 0 Å². The average Bonchev–Trinajstić information content (AvgIpc) is 2.75. The molecule has 0 radical (unpaired) electrons. The largest absolute Gasteiger partial charge is 0.355 e. The number of aromatic nitrogens is 1. The zero-order valence-electron chi connectivity index (χ0n) is 11.5. The Labute approximate surface area is 113 Å². The Kier molecular flexibility index (Phi) is 3.90. The summed E-state index contributed by atoms with van der Waals surface area (Å²) in [7, 11) is 1.63. The number of nitrogens with zero attached hydrogens (tertiary/aromatic N) is 1. The Balaban J connectivity index is 2.03. The van der Waals surface area contributed by atoms with Crippen LogP contribution in [0.25, 0.3) is 0 Å². The summed E-state index contributed by atoms with van der Waals surface area (Å²) < 4.78 is 2.06. The highest BCUT2D eigenvalue weighted by Crippen LogP contribution is 2.07. The molecule has 2 N–H and O–H groups in total. The van der Waals surface area contributed by atoms with E-state index in [0.717, 1.165) is 12.1 Å². The fraction of sp³-hybridized carbons (Fsp3) is 0.267. The molecule has 100 valence electrons. The summed E-state index contributed by atoms with van der Waals surface area (Å²) >= 11 is 0. The maximum absolute atomic E-state index is 11.4. The van der Waals surface area contributed by atoms with Crippen molar-refractivity contribution in [2.45, 2.75) is 20.4 Å². The third kappa shape index (κ3) is 2.96. The van der Waals surface area contributed by atoms with Gasteiger partial charge in [0.05, 0.1) is 6.54 Å². The Bertz CT molecular complexity index is 550. The van der Waals surface area contributed by atoms with E-state index in [2.05, 4.69) is 41.4 Å². The molecule has 0 saturated carbocycles. The molecule has 0 aliphatic heterocycles. The topological polar surface area (TPSA) is 46.1 Å². The first-order chi connectivity index (χ1) is 9.11. The fourth-order valence-corrected chi connectivity index (χ4v) is 2.01. The maximum Gasteiger partial charge on any atom is 0.251 e. The van der Waals surface area contributed by atoms with Crippen LogP contribution in [0.3, 0.4) is 0 Å². The van der Waals surface area contributed by atoms with E-state index in [1.807, 2.05) is 24.3 Å². The molecule has 4 heteroatoms. The molecule has 0 spiro atoms. The molecule has 2 aromatic rings. The van der Waals surface area contributed by atoms with Crippen molar-refractivity contribution >= 4 is 5.91 Å². The monoisotopic (exact) mass is 257 g/mol. The van der Waals surface area contributed by atoms with Crippen molar-refractivity contribution in [2.24, 2.45) is 0 Å². The molecule has 1 heterocycles. The lowest BCUT2D eigenvalue weighted by Crippen LogP contribution is -2.18. The van der Waals surface area contributed by atoms with Crippen LogP contribution >= 0.6 is 0 Å². The van der Waals surface area contributed by atoms with Crippen molar-refractivity contribution in [1.82, 2.24) is 9.99 Å². The zero-order chi connectivity index (χ0) is 13.8. The van der Waals surface area contributed by atoms with Crippen LogP contribution in [0.15, 0.2) is 36.4 Å². The first kappa shape index (κ1) is 13.2. The van der Waals surface area contributed by atoms with Crippen LogP contribution < -0.4 is 10.7 Å². The summed E-state index contributed by atoms with van der Waals surface area (Å²) in [5.74, 6) is -0.0587. The minimum Gasteiger partial charge on any atom is -0.355 e. The van der Waals surface area contributed by atoms with E-state index in [-0.39, 0.29) is 5.91 Å². The van der Waals surface area contributed by atoms with Crippen molar-refractivity contribution in [3.05, 3.63) is 58.9 Å². The van der Waals surface area contributed by atoms with Gasteiger partial charge >= 0.3 is 0 Å². The summed E-state index contributed by atoms with van der Waals surface area (Å²) in [6.45, 7) is 4.85. The molecule has 1 aromatic heterocycles. The number of hydrogen-bond donors (Lipinski definition) is 2. The predicted octanol–water partition coefficient (Wildman–Crippen LogP) is 2.21. The van der Waals surface area contributed by atoms with Crippen LogP contribution in [0.2, 0.25) is 0 Å². The van der Waals surface area contributed by atoms with E-state index < -0.39 is 0 Å². The number of hydrogen-bond acceptors (Lipinski definition) is 2. The summed E-state index contributed by atoms with van der Waals surface area (Å²) in [6, 6.07) is 11.8. The average molecular weight is 257 g/mol. The second-order valence-corrected chi connectivity index (χ2v) is 4.56. The van der Waals surface area contributed by atoms with E-state index in [9.17, 15) is 4.79 Å². The lowest BCUT2D eigenvalue weighted by Gasteiger charge is -2.12. The van der Waals surface area contributed by atoms with Crippen LogP contribution in [0.1, 0.15) is 27.3 Å². The number of rotatable bonds is 4. The van der Waals surface area contributed by atoms with Gasteiger partial charge in [0.15, 0.2) is 0 Å². The number of benzene rings is 1. The third-order valence-electron chi connectivity index (χ3n) is 3.16. The molecular weight excluding hydrogens is 238 g/mol. The first-order valence-electron chi connectivity index (χ1n) is 6.31. The number of carbonyl (C=O) groups is 1. The van der Waals surface area contributed by atoms with Crippen molar-refractivity contribution in [3.63, 3.8) is 0 Å². The lowest BCUT2D eigenvalue weighted by molar-refractivity contribution is 0.0963. The molecule has 2 rings (SSSR count). The second kappa shape index (κ2) is 5.61. The molecular formula is C15H19N3O. The van der Waals surface area contributed by atoms with Gasteiger partial charge in [-0.2, -0.15) is 0 Å². The normalized spacial score (nSPS) is 10.3. The maximum atomic E-state index is 11.4. The van der Waals surface area contributed by atoms with Gasteiger partial charge in [-0.3, -0.25) is 9.47 Å². The number of nitrogens with one attached hydrogen (secondary N) is 2. The highest BCUT2D eigenvalue weighted by Gasteiger charge is 2.03. The van der Waals surface area contributed by atoms with Gasteiger partial charge in [-0.25, -0.2) is 0 Å². The Morgan fingerprint density at radius 2 is 1.63 bits per heavy atom. The Morgan fingerprint density at radius 1 is 1.05 bits per heavy atom. The van der Waals surface area contributed by atoms with Gasteiger partial charge in [0.2, 0.25) is 0 Å². The minimum absolute atomic E-state index is 0.0587. The van der Waals surface area contributed by atoms with Crippen molar-refractivity contribution < 1.29 is 4.79 Å². The molecule has 0 bridgehead atoms. The van der Waals surface area contributed by atoms with Gasteiger partial charge in [0, 0.05) is 24.0 Å². The van der Waals surface area contributed by atoms with Gasteiger partial charge in [-0.05, 0) is 43.7 Å². The number of amides is 1. The second-order valence-electron chi connectivity index (χ2n) is 4.56. The molecule has 0 fully saturated rings. The SMILES string of the molecule is CNC(=O)c1ccc(CNn2c(C)ccc2C)cc1. The smallest absolute Gasteiger partial charge is 0.251 e. The van der Waals surface area contributed by atoms with E-state index in [1.165, 1.54) is 11.4 Å². The minimum atomic E-state index is -0.0587. The lowest BCUT2D eigenvalue weighted by atomic mass is 10.1. The first-order valence-corrected chi connectivity index (χ1v) is 6.31. The molecule has 1 aromatic carbocycles. The highest BCUT2D eigenvalue weighted by molar-refractivity contribution is 5.93. The standard InChI is InChI=1S/C15H19N3O/c1-11-4-5-12(2)18(11)17-10-13-6-8-14(9-7-13)15(19)16-3/h4-9,17H,10H2,1-3H3,(H,16,19). The predicted molar refractivity (Wildman–Crippen MR) is 76.8 cm³/mol. The van der Waals surface area contributed by atoms with Crippen LogP contribution in [0, 0.1) is 13.8 Å². The number of aryl methyl sites for hydroxylation is 2. The summed E-state index contributed by atoms with van der Waals surface area (Å²) in [4.78, 5) is 11.4. The van der Waals surface area contributed by atoms with E-state index in [4.69, 9.17) is 0 Å². The van der Waals surface area contributed by atoms with Crippen molar-refractivity contribution in [3.8, 4) is 0 Å². The summed E-state index contributed by atoms with van der Waals surface area (Å²) in [6.07, 6.45) is 0. The van der Waals surface area contributed by atoms with E-state index >= 15 is 0 Å². The molecule has 0 aliphatic carbocycles. The Hall–Kier alpha value is -2.23. The highest BCUT2D eigenvalue weighted by atomic mass is 16.1. The zero-order valence-corrected chi connectivity index (χ0v) is 11.5. The summed E-state index contributed by atoms with van der Waals surface area (Å²) in [5, 5.41) is 2.61. The summed E-state index contributed by atoms with van der Waals surface area (Å²) in [5.41, 5.74) is 7.54. The van der Waals surface area contributed by atoms with Crippen molar-refractivity contribution in [1.29, 1.82) is 0 Å². The van der Waals surface area contributed by atoms with Gasteiger partial charge < -0.3 is 10.7 Å². The molecule has 1 amide bonds. The Morgan fingerprint density at radius 3 is 2.16 bits per heavy atom. The van der Waals surface area contributed by atoms with Crippen LogP contribution in [-0.4, -0.2) is 17.6 Å². The van der Waals surface area contributed by atoms with Crippen molar-refractivity contribution in [2.75, 3.05) is 12.5 Å². The van der Waals surface area contributed by atoms with Gasteiger partial charge in [0.25, 0.3) is 5.91 Å². The molecule has 19 heavy (non-hydrogen) atoms. The van der Waals surface area contributed by atoms with E-state index in [1.54, 1.807) is 7.05 Å². The van der Waals surface area contributed by atoms with Crippen LogP contribution in [0.5, 0.6) is 0 Å². The number of carbonyl (C=O) groups excluding carboxylic acids is 1. The van der Waals surface area contributed by atoms with Crippen LogP contribution in [0.4, 0.5) is 0 Å². The fourth-order valence-electron chi connectivity index (χ4n) is 2.01. The molecule has 4 nitrogen and oxygen atoms in total. The third-order valence-corrected chi connectivity index (χ3v) is 3.16. The quantitative estimate of drug-likeness (QED) is 0.882. The molecule has 0 aliphatic rings.